The van der Waals surface area contributed by atoms with Gasteiger partial charge < -0.3 is 5.32 Å². The minimum absolute atomic E-state index is 0.180. The number of nitrogens with one attached hydrogen (secondary N) is 1. The van der Waals surface area contributed by atoms with E-state index >= 15 is 0 Å². The number of carbonyl (C=O) groups is 1. The number of rotatable bonds is 6. The van der Waals surface area contributed by atoms with Gasteiger partial charge in [0.25, 0.3) is 0 Å². The highest BCUT2D eigenvalue weighted by atomic mass is 35.5. The number of anilines is 1. The quantitative estimate of drug-likeness (QED) is 0.542. The first kappa shape index (κ1) is 22.6. The lowest BCUT2D eigenvalue weighted by Gasteiger charge is -2.15. The number of pyridine rings is 1. The van der Waals surface area contributed by atoms with Crippen molar-refractivity contribution in [3.63, 3.8) is 0 Å². The maximum absolute atomic E-state index is 12.5. The van der Waals surface area contributed by atoms with Gasteiger partial charge in [-0.25, -0.2) is 17.7 Å². The van der Waals surface area contributed by atoms with Crippen molar-refractivity contribution in [3.05, 3.63) is 59.1 Å². The minimum atomic E-state index is -3.52. The molecular weight excluding hydrogens is 442 g/mol. The van der Waals surface area contributed by atoms with E-state index in [2.05, 4.69) is 10.3 Å². The third-order valence-corrected chi connectivity index (χ3v) is 7.70. The zero-order valence-corrected chi connectivity index (χ0v) is 19.4. The topological polar surface area (TPSA) is 79.4 Å². The van der Waals surface area contributed by atoms with Gasteiger partial charge in [0.15, 0.2) is 0 Å². The Balaban J connectivity index is 1.83. The van der Waals surface area contributed by atoms with Crippen molar-refractivity contribution in [2.75, 3.05) is 19.4 Å². The van der Waals surface area contributed by atoms with Crippen LogP contribution in [0.4, 0.5) is 5.69 Å². The molecule has 1 atom stereocenters. The van der Waals surface area contributed by atoms with Crippen LogP contribution in [-0.2, 0) is 14.8 Å². The van der Waals surface area contributed by atoms with Gasteiger partial charge in [-0.15, -0.1) is 0 Å². The molecule has 0 radical (unpaired) electrons. The van der Waals surface area contributed by atoms with Crippen LogP contribution in [0, 0.1) is 6.92 Å². The Morgan fingerprint density at radius 1 is 1.17 bits per heavy atom. The summed E-state index contributed by atoms with van der Waals surface area (Å²) in [4.78, 5) is 17.4. The van der Waals surface area contributed by atoms with E-state index in [1.165, 1.54) is 30.2 Å². The monoisotopic (exact) mass is 463 g/mol. The van der Waals surface area contributed by atoms with E-state index in [0.717, 1.165) is 10.9 Å². The van der Waals surface area contributed by atoms with Crippen LogP contribution in [-0.4, -0.2) is 43.0 Å². The first-order valence-corrected chi connectivity index (χ1v) is 11.9. The van der Waals surface area contributed by atoms with E-state index in [9.17, 15) is 13.2 Å². The van der Waals surface area contributed by atoms with Gasteiger partial charge in [-0.3, -0.25) is 4.79 Å². The van der Waals surface area contributed by atoms with E-state index in [0.29, 0.717) is 21.3 Å². The summed E-state index contributed by atoms with van der Waals surface area (Å²) in [5.41, 5.74) is 2.12. The maximum Gasteiger partial charge on any atom is 0.242 e. The van der Waals surface area contributed by atoms with Gasteiger partial charge in [-0.2, -0.15) is 0 Å². The van der Waals surface area contributed by atoms with E-state index < -0.39 is 15.3 Å². The molecule has 30 heavy (non-hydrogen) atoms. The van der Waals surface area contributed by atoms with E-state index in [4.69, 9.17) is 11.6 Å². The number of carbonyl (C=O) groups excluding carboxylic acids is 1. The number of thioether (sulfide) groups is 1. The van der Waals surface area contributed by atoms with Crippen LogP contribution < -0.4 is 5.32 Å². The Bertz CT molecular complexity index is 1210. The molecule has 0 aliphatic rings. The fourth-order valence-electron chi connectivity index (χ4n) is 2.81. The number of aryl methyl sites for hydroxylation is 1. The van der Waals surface area contributed by atoms with Gasteiger partial charge in [-0.05, 0) is 55.8 Å². The molecule has 158 valence electrons. The third kappa shape index (κ3) is 4.78. The van der Waals surface area contributed by atoms with Gasteiger partial charge >= 0.3 is 0 Å². The summed E-state index contributed by atoms with van der Waals surface area (Å²) in [5.74, 6) is -0.180. The second kappa shape index (κ2) is 8.93. The van der Waals surface area contributed by atoms with Crippen molar-refractivity contribution in [1.82, 2.24) is 9.29 Å². The number of benzene rings is 2. The molecule has 0 spiro atoms. The molecule has 0 aliphatic carbocycles. The van der Waals surface area contributed by atoms with Crippen molar-refractivity contribution in [3.8, 4) is 0 Å². The lowest BCUT2D eigenvalue weighted by Crippen LogP contribution is -2.22. The molecule has 1 amide bonds. The summed E-state index contributed by atoms with van der Waals surface area (Å²) in [6.45, 7) is 3.69. The van der Waals surface area contributed by atoms with Crippen molar-refractivity contribution in [2.24, 2.45) is 0 Å². The van der Waals surface area contributed by atoms with Crippen molar-refractivity contribution in [2.45, 2.75) is 29.0 Å². The van der Waals surface area contributed by atoms with Crippen LogP contribution in [0.5, 0.6) is 0 Å². The van der Waals surface area contributed by atoms with Crippen molar-refractivity contribution >= 4 is 55.9 Å². The Kier molecular flexibility index (Phi) is 6.71. The predicted octanol–water partition coefficient (Wildman–Crippen LogP) is 4.57. The maximum atomic E-state index is 12.5. The van der Waals surface area contributed by atoms with Crippen LogP contribution in [0.1, 0.15) is 12.5 Å². The van der Waals surface area contributed by atoms with Gasteiger partial charge in [0, 0.05) is 19.5 Å². The third-order valence-electron chi connectivity index (χ3n) is 4.54. The fraction of sp³-hybridized carbons (Fsp3) is 0.238. The van der Waals surface area contributed by atoms with E-state index in [-0.39, 0.29) is 10.8 Å². The van der Waals surface area contributed by atoms with Crippen LogP contribution in [0.25, 0.3) is 10.9 Å². The average molecular weight is 464 g/mol. The number of halogens is 1. The summed E-state index contributed by atoms with van der Waals surface area (Å²) in [6, 6.07) is 13.8. The molecule has 6 nitrogen and oxygen atoms in total. The molecule has 0 fully saturated rings. The zero-order valence-electron chi connectivity index (χ0n) is 17.0. The Morgan fingerprint density at radius 2 is 1.87 bits per heavy atom. The lowest BCUT2D eigenvalue weighted by molar-refractivity contribution is -0.115. The summed E-state index contributed by atoms with van der Waals surface area (Å²) in [7, 11) is -0.523. The number of para-hydroxylation sites is 1. The molecule has 1 heterocycles. The minimum Gasteiger partial charge on any atom is -0.324 e. The highest BCUT2D eigenvalue weighted by molar-refractivity contribution is 8.00. The normalized spacial score (nSPS) is 12.9. The van der Waals surface area contributed by atoms with E-state index in [1.807, 2.05) is 13.0 Å². The number of nitrogens with zero attached hydrogens (tertiary/aromatic N) is 2. The number of hydrogen-bond acceptors (Lipinski definition) is 5. The first-order chi connectivity index (χ1) is 14.1. The largest absolute Gasteiger partial charge is 0.324 e. The lowest BCUT2D eigenvalue weighted by atomic mass is 10.1. The number of sulfonamides is 1. The SMILES string of the molecule is Cc1cc(S[C@@H](C)C(=O)Nc2ccccc2Cl)nc2ccc(S(=O)(=O)N(C)C)cc12. The van der Waals surface area contributed by atoms with Crippen LogP contribution >= 0.6 is 23.4 Å². The van der Waals surface area contributed by atoms with Crippen LogP contribution in [0.3, 0.4) is 0 Å². The van der Waals surface area contributed by atoms with Gasteiger partial charge in [0.05, 0.1) is 31.4 Å². The molecule has 0 bridgehead atoms. The van der Waals surface area contributed by atoms with E-state index in [1.54, 1.807) is 49.4 Å². The number of fused-ring (bicyclic) bond motifs is 1. The van der Waals surface area contributed by atoms with Crippen molar-refractivity contribution in [1.29, 1.82) is 0 Å². The van der Waals surface area contributed by atoms with Gasteiger partial charge in [0.1, 0.15) is 0 Å². The molecule has 1 N–H and O–H groups in total. The Labute approximate surface area is 185 Å². The first-order valence-electron chi connectivity index (χ1n) is 9.15. The summed E-state index contributed by atoms with van der Waals surface area (Å²) in [6.07, 6.45) is 0. The molecule has 0 unspecified atom stereocenters. The van der Waals surface area contributed by atoms with Crippen molar-refractivity contribution < 1.29 is 13.2 Å². The highest BCUT2D eigenvalue weighted by Gasteiger charge is 2.20. The molecule has 0 saturated carbocycles. The summed E-state index contributed by atoms with van der Waals surface area (Å²) < 4.78 is 26.0. The molecule has 0 aliphatic heterocycles. The highest BCUT2D eigenvalue weighted by Crippen LogP contribution is 2.29. The standard InChI is InChI=1S/C21H22ClN3O3S2/c1-13-11-20(29-14(2)21(26)24-19-8-6-5-7-17(19)22)23-18-10-9-15(12-16(13)18)30(27,28)25(3)4/h5-12,14H,1-4H3,(H,24,26)/t14-/m0/s1. The second-order valence-electron chi connectivity index (χ2n) is 6.97. The Hall–Kier alpha value is -2.13. The molecule has 3 rings (SSSR count). The number of hydrogen-bond donors (Lipinski definition) is 1. The molecular formula is C21H22ClN3O3S2. The zero-order chi connectivity index (χ0) is 22.1. The summed E-state index contributed by atoms with van der Waals surface area (Å²) >= 11 is 7.43. The second-order valence-corrected chi connectivity index (χ2v) is 10.9. The number of aromatic nitrogens is 1. The molecule has 9 heteroatoms. The van der Waals surface area contributed by atoms with Crippen LogP contribution in [0.2, 0.25) is 5.02 Å². The molecule has 3 aromatic rings. The Morgan fingerprint density at radius 3 is 2.53 bits per heavy atom. The molecule has 0 saturated heterocycles. The molecule has 1 aromatic heterocycles. The van der Waals surface area contributed by atoms with Crippen LogP contribution in [0.15, 0.2) is 58.5 Å². The predicted molar refractivity (Wildman–Crippen MR) is 123 cm³/mol. The van der Waals surface area contributed by atoms with Gasteiger partial charge in [-0.1, -0.05) is 35.5 Å². The summed E-state index contributed by atoms with van der Waals surface area (Å²) in [5, 5.41) is 4.34. The average Bonchev–Trinajstić information content (AvgIpc) is 2.69. The number of amides is 1. The van der Waals surface area contributed by atoms with Gasteiger partial charge in [0.2, 0.25) is 15.9 Å². The smallest absolute Gasteiger partial charge is 0.242 e. The molecule has 2 aromatic carbocycles. The fourth-order valence-corrected chi connectivity index (χ4v) is 4.84.